The summed E-state index contributed by atoms with van der Waals surface area (Å²) in [5.74, 6) is 0.00633. The summed E-state index contributed by atoms with van der Waals surface area (Å²) in [6, 6.07) is 1.90. The Kier molecular flexibility index (Phi) is 2.27. The summed E-state index contributed by atoms with van der Waals surface area (Å²) in [6.45, 7) is 1.87. The van der Waals surface area contributed by atoms with E-state index < -0.39 is 11.4 Å². The Morgan fingerprint density at radius 2 is 2.17 bits per heavy atom. The van der Waals surface area contributed by atoms with Crippen LogP contribution in [0.5, 0.6) is 0 Å². The molecule has 1 aliphatic rings. The van der Waals surface area contributed by atoms with E-state index in [1.165, 1.54) is 0 Å². The number of rotatable bonds is 2. The normalized spacial score (nSPS) is 18.6. The van der Waals surface area contributed by atoms with Crippen LogP contribution in [0.15, 0.2) is 10.5 Å². The summed E-state index contributed by atoms with van der Waals surface area (Å²) in [5.41, 5.74) is 1.25. The molecule has 0 unspecified atom stereocenters. The molecule has 1 saturated carbocycles. The van der Waals surface area contributed by atoms with Crippen LogP contribution in [0.25, 0.3) is 11.1 Å². The van der Waals surface area contributed by atoms with Crippen LogP contribution in [-0.4, -0.2) is 20.9 Å². The Hall–Kier alpha value is -1.78. The highest BCUT2D eigenvalue weighted by Gasteiger charge is 2.47. The molecule has 2 aromatic rings. The van der Waals surface area contributed by atoms with Gasteiger partial charge in [0.15, 0.2) is 5.58 Å². The van der Waals surface area contributed by atoms with Gasteiger partial charge in [-0.2, -0.15) is 5.10 Å². The van der Waals surface area contributed by atoms with Crippen LogP contribution in [0.3, 0.4) is 0 Å². The quantitative estimate of drug-likeness (QED) is 0.885. The standard InChI is InChI=1S/C13H16N2O3/c1-8-7-9-10(18-8)11(14-15(9)2)13(12(16)17)5-3-4-6-13/h7H,3-6H2,1-2H3,(H,16,17). The molecule has 1 fully saturated rings. The van der Waals surface area contributed by atoms with Gasteiger partial charge in [-0.15, -0.1) is 0 Å². The molecule has 0 aliphatic heterocycles. The molecule has 18 heavy (non-hydrogen) atoms. The van der Waals surface area contributed by atoms with Gasteiger partial charge in [-0.1, -0.05) is 12.8 Å². The third-order valence-electron chi connectivity index (χ3n) is 3.97. The molecule has 5 heteroatoms. The molecule has 1 aliphatic carbocycles. The number of fused-ring (bicyclic) bond motifs is 1. The predicted molar refractivity (Wildman–Crippen MR) is 65.5 cm³/mol. The molecule has 0 spiro atoms. The van der Waals surface area contributed by atoms with Crippen molar-refractivity contribution in [2.45, 2.75) is 38.0 Å². The van der Waals surface area contributed by atoms with E-state index in [1.807, 2.05) is 20.0 Å². The number of hydrogen-bond acceptors (Lipinski definition) is 3. The molecule has 0 atom stereocenters. The number of carboxylic acid groups (broad SMARTS) is 1. The van der Waals surface area contributed by atoms with E-state index in [-0.39, 0.29) is 0 Å². The van der Waals surface area contributed by atoms with E-state index in [0.717, 1.165) is 24.1 Å². The molecule has 2 heterocycles. The minimum Gasteiger partial charge on any atom is -0.481 e. The smallest absolute Gasteiger partial charge is 0.315 e. The summed E-state index contributed by atoms with van der Waals surface area (Å²) >= 11 is 0. The van der Waals surface area contributed by atoms with Gasteiger partial charge >= 0.3 is 5.97 Å². The molecular formula is C13H16N2O3. The van der Waals surface area contributed by atoms with Crippen LogP contribution in [0.2, 0.25) is 0 Å². The van der Waals surface area contributed by atoms with Crippen molar-refractivity contribution in [1.29, 1.82) is 0 Å². The van der Waals surface area contributed by atoms with E-state index in [4.69, 9.17) is 4.42 Å². The van der Waals surface area contributed by atoms with Gasteiger partial charge in [0, 0.05) is 13.1 Å². The number of aliphatic carboxylic acids is 1. The average molecular weight is 248 g/mol. The van der Waals surface area contributed by atoms with E-state index in [1.54, 1.807) is 4.68 Å². The second-order valence-electron chi connectivity index (χ2n) is 5.14. The second-order valence-corrected chi connectivity index (χ2v) is 5.14. The third-order valence-corrected chi connectivity index (χ3v) is 3.97. The van der Waals surface area contributed by atoms with E-state index >= 15 is 0 Å². The fourth-order valence-electron chi connectivity index (χ4n) is 3.00. The van der Waals surface area contributed by atoms with Crippen molar-refractivity contribution in [3.63, 3.8) is 0 Å². The van der Waals surface area contributed by atoms with Gasteiger partial charge in [-0.25, -0.2) is 0 Å². The van der Waals surface area contributed by atoms with Crippen molar-refractivity contribution in [1.82, 2.24) is 9.78 Å². The number of carboxylic acids is 1. The van der Waals surface area contributed by atoms with E-state index in [0.29, 0.717) is 24.1 Å². The van der Waals surface area contributed by atoms with Gasteiger partial charge in [0.05, 0.1) is 0 Å². The fourth-order valence-corrected chi connectivity index (χ4v) is 3.00. The van der Waals surface area contributed by atoms with Gasteiger partial charge in [-0.05, 0) is 19.8 Å². The molecule has 5 nitrogen and oxygen atoms in total. The minimum atomic E-state index is -0.857. The zero-order valence-electron chi connectivity index (χ0n) is 10.6. The van der Waals surface area contributed by atoms with Gasteiger partial charge in [0.2, 0.25) is 0 Å². The Bertz CT molecular complexity index is 617. The molecule has 3 rings (SSSR count). The molecular weight excluding hydrogens is 232 g/mol. The maximum Gasteiger partial charge on any atom is 0.315 e. The molecule has 0 amide bonds. The summed E-state index contributed by atoms with van der Waals surface area (Å²) < 4.78 is 7.37. The Balaban J connectivity index is 2.26. The number of aryl methyl sites for hydroxylation is 2. The highest BCUT2D eigenvalue weighted by Crippen LogP contribution is 2.43. The molecule has 0 radical (unpaired) electrons. The van der Waals surface area contributed by atoms with Crippen molar-refractivity contribution in [2.24, 2.45) is 7.05 Å². The van der Waals surface area contributed by atoms with Gasteiger partial charge in [0.1, 0.15) is 22.4 Å². The lowest BCUT2D eigenvalue weighted by atomic mass is 9.82. The predicted octanol–water partition coefficient (Wildman–Crippen LogP) is 2.37. The summed E-state index contributed by atoms with van der Waals surface area (Å²) in [5, 5.41) is 14.0. The number of aromatic nitrogens is 2. The molecule has 2 aromatic heterocycles. The third kappa shape index (κ3) is 1.33. The van der Waals surface area contributed by atoms with Gasteiger partial charge in [0.25, 0.3) is 0 Å². The molecule has 96 valence electrons. The SMILES string of the molecule is Cc1cc2c(o1)c(C1(C(=O)O)CCCC1)nn2C. The molecule has 0 aromatic carbocycles. The first-order valence-electron chi connectivity index (χ1n) is 6.21. The summed E-state index contributed by atoms with van der Waals surface area (Å²) in [6.07, 6.45) is 3.16. The minimum absolute atomic E-state index is 0.595. The van der Waals surface area contributed by atoms with Crippen LogP contribution in [-0.2, 0) is 17.3 Å². The van der Waals surface area contributed by atoms with Gasteiger partial charge in [-0.3, -0.25) is 9.48 Å². The Morgan fingerprint density at radius 1 is 1.50 bits per heavy atom. The van der Waals surface area contributed by atoms with Crippen LogP contribution >= 0.6 is 0 Å². The number of hydrogen-bond donors (Lipinski definition) is 1. The maximum atomic E-state index is 11.7. The number of carbonyl (C=O) groups is 1. The van der Waals surface area contributed by atoms with Crippen molar-refractivity contribution in [3.8, 4) is 0 Å². The van der Waals surface area contributed by atoms with E-state index in [2.05, 4.69) is 5.10 Å². The Labute approximate surface area is 104 Å². The first-order chi connectivity index (χ1) is 8.54. The van der Waals surface area contributed by atoms with Gasteiger partial charge < -0.3 is 9.52 Å². The topological polar surface area (TPSA) is 68.3 Å². The highest BCUT2D eigenvalue weighted by molar-refractivity contribution is 5.88. The number of nitrogens with zero attached hydrogens (tertiary/aromatic N) is 2. The van der Waals surface area contributed by atoms with Crippen molar-refractivity contribution in [2.75, 3.05) is 0 Å². The molecule has 0 bridgehead atoms. The van der Waals surface area contributed by atoms with Crippen molar-refractivity contribution >= 4 is 17.1 Å². The Morgan fingerprint density at radius 3 is 2.78 bits per heavy atom. The van der Waals surface area contributed by atoms with Crippen LogP contribution in [0.4, 0.5) is 0 Å². The lowest BCUT2D eigenvalue weighted by Crippen LogP contribution is -2.33. The second kappa shape index (κ2) is 3.60. The van der Waals surface area contributed by atoms with Crippen molar-refractivity contribution in [3.05, 3.63) is 17.5 Å². The molecule has 1 N–H and O–H groups in total. The van der Waals surface area contributed by atoms with E-state index in [9.17, 15) is 9.90 Å². The monoisotopic (exact) mass is 248 g/mol. The molecule has 0 saturated heterocycles. The summed E-state index contributed by atoms with van der Waals surface area (Å²) in [4.78, 5) is 11.7. The van der Waals surface area contributed by atoms with Crippen LogP contribution in [0, 0.1) is 6.92 Å². The van der Waals surface area contributed by atoms with Crippen LogP contribution in [0.1, 0.15) is 37.1 Å². The average Bonchev–Trinajstić information content (AvgIpc) is 2.96. The first-order valence-corrected chi connectivity index (χ1v) is 6.21. The largest absolute Gasteiger partial charge is 0.481 e. The maximum absolute atomic E-state index is 11.7. The van der Waals surface area contributed by atoms with Crippen LogP contribution < -0.4 is 0 Å². The zero-order chi connectivity index (χ0) is 12.9. The fraction of sp³-hybridized carbons (Fsp3) is 0.538. The highest BCUT2D eigenvalue weighted by atomic mass is 16.4. The number of furan rings is 1. The lowest BCUT2D eigenvalue weighted by molar-refractivity contribution is -0.143. The lowest BCUT2D eigenvalue weighted by Gasteiger charge is -2.20. The zero-order valence-corrected chi connectivity index (χ0v) is 10.6. The summed E-state index contributed by atoms with van der Waals surface area (Å²) in [7, 11) is 1.82. The first kappa shape index (κ1) is 11.3. The van der Waals surface area contributed by atoms with Crippen molar-refractivity contribution < 1.29 is 14.3 Å².